The topological polar surface area (TPSA) is 60.7 Å². The number of aromatic hydroxyl groups is 1. The van der Waals surface area contributed by atoms with E-state index in [-0.39, 0.29) is 11.5 Å². The van der Waals surface area contributed by atoms with E-state index in [9.17, 15) is 10.2 Å². The largest absolute Gasteiger partial charge is 0.508 e. The van der Waals surface area contributed by atoms with Gasteiger partial charge in [-0.3, -0.25) is 0 Å². The fraction of sp³-hybridized carbons (Fsp3) is 0.769. The number of hydrogen-bond donors (Lipinski definition) is 3. The third-order valence-corrected chi connectivity index (χ3v) is 8.76. The zero-order valence-electron chi connectivity index (χ0n) is 18.2. The molecule has 3 unspecified atom stereocenters. The van der Waals surface area contributed by atoms with E-state index in [0.717, 1.165) is 32.1 Å². The van der Waals surface area contributed by atoms with Gasteiger partial charge in [-0.15, -0.1) is 0 Å². The van der Waals surface area contributed by atoms with Gasteiger partial charge in [0.2, 0.25) is 0 Å². The number of aliphatic hydroxyl groups is 2. The van der Waals surface area contributed by atoms with Crippen molar-refractivity contribution in [2.45, 2.75) is 96.0 Å². The van der Waals surface area contributed by atoms with Crippen LogP contribution >= 0.6 is 0 Å². The summed E-state index contributed by atoms with van der Waals surface area (Å²) < 4.78 is 0. The van der Waals surface area contributed by atoms with E-state index in [1.807, 2.05) is 12.1 Å². The molecule has 6 atom stereocenters. The number of aryl methyl sites for hydroxylation is 1. The second-order valence-corrected chi connectivity index (χ2v) is 10.4. The van der Waals surface area contributed by atoms with Crippen LogP contribution in [0.25, 0.3) is 0 Å². The van der Waals surface area contributed by atoms with Crippen molar-refractivity contribution in [3.8, 4) is 5.75 Å². The van der Waals surface area contributed by atoms with E-state index in [1.165, 1.54) is 56.1 Å². The number of phenolic OH excluding ortho intramolecular Hbond substituents is 1. The van der Waals surface area contributed by atoms with Crippen LogP contribution in [0.15, 0.2) is 18.2 Å². The maximum atomic E-state index is 10.9. The highest BCUT2D eigenvalue weighted by Gasteiger charge is 2.57. The van der Waals surface area contributed by atoms with Crippen LogP contribution in [0.2, 0.25) is 0 Å². The summed E-state index contributed by atoms with van der Waals surface area (Å²) in [4.78, 5) is 0. The Labute approximate surface area is 176 Å². The third-order valence-electron chi connectivity index (χ3n) is 8.76. The summed E-state index contributed by atoms with van der Waals surface area (Å²) in [5.74, 6) is 3.00. The smallest absolute Gasteiger partial charge is 0.115 e. The van der Waals surface area contributed by atoms with E-state index in [4.69, 9.17) is 5.11 Å². The number of hydrogen-bond acceptors (Lipinski definition) is 3. The van der Waals surface area contributed by atoms with E-state index in [1.54, 1.807) is 0 Å². The molecule has 1 aromatic rings. The Balaban J connectivity index is 1.49. The average Bonchev–Trinajstić information content (AvgIpc) is 3.01. The minimum atomic E-state index is -0.129. The quantitative estimate of drug-likeness (QED) is 0.501. The number of fused-ring (bicyclic) bond motifs is 5. The van der Waals surface area contributed by atoms with Gasteiger partial charge in [-0.1, -0.05) is 45.1 Å². The van der Waals surface area contributed by atoms with Crippen LogP contribution in [0.1, 0.15) is 94.6 Å². The lowest BCUT2D eigenvalue weighted by Gasteiger charge is -2.54. The van der Waals surface area contributed by atoms with Crippen molar-refractivity contribution in [2.75, 3.05) is 6.61 Å². The van der Waals surface area contributed by atoms with E-state index < -0.39 is 0 Å². The molecule has 29 heavy (non-hydrogen) atoms. The SMILES string of the molecule is C[C@]12C[C@H](CCCCCCCCO)C3c4ccc(O)cc4CCC3C1CC[C@@H]2O. The third kappa shape index (κ3) is 4.10. The molecule has 0 spiro atoms. The zero-order valence-corrected chi connectivity index (χ0v) is 18.2. The molecule has 0 saturated heterocycles. The average molecular weight is 401 g/mol. The number of aliphatic hydroxyl groups excluding tert-OH is 2. The predicted molar refractivity (Wildman–Crippen MR) is 117 cm³/mol. The van der Waals surface area contributed by atoms with Gasteiger partial charge in [0.1, 0.15) is 5.75 Å². The highest BCUT2D eigenvalue weighted by atomic mass is 16.3. The van der Waals surface area contributed by atoms with Gasteiger partial charge >= 0.3 is 0 Å². The molecule has 3 nitrogen and oxygen atoms in total. The molecular weight excluding hydrogens is 360 g/mol. The van der Waals surface area contributed by atoms with Crippen molar-refractivity contribution >= 4 is 0 Å². The molecule has 2 saturated carbocycles. The van der Waals surface area contributed by atoms with E-state index in [0.29, 0.717) is 36.0 Å². The Kier molecular flexibility index (Phi) is 6.56. The molecule has 3 aliphatic carbocycles. The van der Waals surface area contributed by atoms with Crippen molar-refractivity contribution < 1.29 is 15.3 Å². The Morgan fingerprint density at radius 2 is 1.76 bits per heavy atom. The van der Waals surface area contributed by atoms with Crippen molar-refractivity contribution in [1.82, 2.24) is 0 Å². The van der Waals surface area contributed by atoms with Crippen molar-refractivity contribution in [3.63, 3.8) is 0 Å². The molecule has 4 rings (SSSR count). The van der Waals surface area contributed by atoms with Gasteiger partial charge in [0.25, 0.3) is 0 Å². The van der Waals surface area contributed by atoms with Gasteiger partial charge in [0.05, 0.1) is 6.10 Å². The molecule has 2 fully saturated rings. The molecule has 3 aliphatic rings. The summed E-state index contributed by atoms with van der Waals surface area (Å²) in [6.45, 7) is 2.70. The normalized spacial score (nSPS) is 35.8. The van der Waals surface area contributed by atoms with Crippen molar-refractivity contribution in [3.05, 3.63) is 29.3 Å². The van der Waals surface area contributed by atoms with E-state index >= 15 is 0 Å². The Hall–Kier alpha value is -1.06. The zero-order chi connectivity index (χ0) is 20.4. The summed E-state index contributed by atoms with van der Waals surface area (Å²) in [5.41, 5.74) is 2.96. The first-order chi connectivity index (χ1) is 14.0. The van der Waals surface area contributed by atoms with Crippen LogP contribution < -0.4 is 0 Å². The number of phenols is 1. The minimum absolute atomic E-state index is 0.0986. The van der Waals surface area contributed by atoms with Gasteiger partial charge in [-0.25, -0.2) is 0 Å². The van der Waals surface area contributed by atoms with Gasteiger partial charge < -0.3 is 15.3 Å². The molecule has 0 aliphatic heterocycles. The molecule has 0 amide bonds. The summed E-state index contributed by atoms with van der Waals surface area (Å²) >= 11 is 0. The number of benzene rings is 1. The highest BCUT2D eigenvalue weighted by molar-refractivity contribution is 5.40. The molecule has 3 heteroatoms. The van der Waals surface area contributed by atoms with Gasteiger partial charge in [0.15, 0.2) is 0 Å². The second-order valence-electron chi connectivity index (χ2n) is 10.4. The van der Waals surface area contributed by atoms with Crippen LogP contribution in [0.5, 0.6) is 5.75 Å². The van der Waals surface area contributed by atoms with Crippen molar-refractivity contribution in [2.24, 2.45) is 23.2 Å². The lowest BCUT2D eigenvalue weighted by Crippen LogP contribution is -2.47. The number of rotatable bonds is 8. The predicted octanol–water partition coefficient (Wildman–Crippen LogP) is 5.56. The van der Waals surface area contributed by atoms with Crippen molar-refractivity contribution in [1.29, 1.82) is 0 Å². The van der Waals surface area contributed by atoms with Gasteiger partial charge in [-0.05, 0) is 97.3 Å². The molecule has 3 N–H and O–H groups in total. The summed E-state index contributed by atoms with van der Waals surface area (Å²) in [5, 5.41) is 29.8. The van der Waals surface area contributed by atoms with Crippen LogP contribution in [0.3, 0.4) is 0 Å². The number of unbranched alkanes of at least 4 members (excludes halogenated alkanes) is 5. The lowest BCUT2D eigenvalue weighted by molar-refractivity contribution is -0.0501. The highest BCUT2D eigenvalue weighted by Crippen LogP contribution is 2.63. The van der Waals surface area contributed by atoms with Crippen LogP contribution in [0, 0.1) is 23.2 Å². The summed E-state index contributed by atoms with van der Waals surface area (Å²) in [6, 6.07) is 6.09. The molecular formula is C26H40O3. The van der Waals surface area contributed by atoms with Gasteiger partial charge in [0, 0.05) is 6.61 Å². The van der Waals surface area contributed by atoms with Crippen LogP contribution in [-0.2, 0) is 6.42 Å². The standard InChI is InChI=1S/C26H40O3/c1-26-17-19(8-6-4-2-3-5-7-15-27)25-21-12-10-20(28)16-18(21)9-11-22(25)23(26)13-14-24(26)29/h10,12,16,19,22-25,27-29H,2-9,11,13-15,17H2,1H3/t19-,22?,23?,24-,25?,26-/m0/s1. The molecule has 162 valence electrons. The first-order valence-corrected chi connectivity index (χ1v) is 12.2. The van der Waals surface area contributed by atoms with E-state index in [2.05, 4.69) is 13.0 Å². The second kappa shape index (κ2) is 8.98. The fourth-order valence-electron chi connectivity index (χ4n) is 7.35. The van der Waals surface area contributed by atoms with Gasteiger partial charge in [-0.2, -0.15) is 0 Å². The first kappa shape index (κ1) is 21.2. The molecule has 1 aromatic carbocycles. The fourth-order valence-corrected chi connectivity index (χ4v) is 7.35. The Morgan fingerprint density at radius 1 is 1.00 bits per heavy atom. The molecule has 0 bridgehead atoms. The van der Waals surface area contributed by atoms with Crippen LogP contribution in [-0.4, -0.2) is 28.0 Å². The molecule has 0 aromatic heterocycles. The Bertz CT molecular complexity index is 687. The lowest BCUT2D eigenvalue weighted by atomic mass is 9.51. The molecule has 0 heterocycles. The molecule has 0 radical (unpaired) electrons. The summed E-state index contributed by atoms with van der Waals surface area (Å²) in [7, 11) is 0. The monoisotopic (exact) mass is 400 g/mol. The summed E-state index contributed by atoms with van der Waals surface area (Å²) in [6.07, 6.45) is 13.9. The van der Waals surface area contributed by atoms with Crippen LogP contribution in [0.4, 0.5) is 0 Å². The maximum Gasteiger partial charge on any atom is 0.115 e. The minimum Gasteiger partial charge on any atom is -0.508 e. The Morgan fingerprint density at radius 3 is 2.55 bits per heavy atom. The first-order valence-electron chi connectivity index (χ1n) is 12.2. The maximum absolute atomic E-state index is 10.9.